The van der Waals surface area contributed by atoms with Crippen LogP contribution in [0.4, 0.5) is 0 Å². The van der Waals surface area contributed by atoms with E-state index in [4.69, 9.17) is 4.74 Å². The Labute approximate surface area is 173 Å². The standard InChI is InChI=1S/C24H20N4O2/c1-30-23-8-7-17(10-22(23)29)18-9-20-21(13-26-24(20)25-11-18)19-12-27-28(15-19)14-16-5-3-2-4-6-16/h2-13,15,29H,14H2,1H3,(H,25,26). The molecular formula is C24H20N4O2. The molecule has 0 fully saturated rings. The van der Waals surface area contributed by atoms with E-state index in [2.05, 4.69) is 33.3 Å². The second-order valence-electron chi connectivity index (χ2n) is 7.12. The van der Waals surface area contributed by atoms with Gasteiger partial charge in [-0.25, -0.2) is 4.98 Å². The third-order valence-corrected chi connectivity index (χ3v) is 5.17. The number of hydrogen-bond donors (Lipinski definition) is 2. The highest BCUT2D eigenvalue weighted by atomic mass is 16.5. The molecule has 30 heavy (non-hydrogen) atoms. The molecule has 0 aliphatic carbocycles. The van der Waals surface area contributed by atoms with E-state index >= 15 is 0 Å². The second-order valence-corrected chi connectivity index (χ2v) is 7.12. The van der Waals surface area contributed by atoms with Crippen molar-refractivity contribution in [3.63, 3.8) is 0 Å². The summed E-state index contributed by atoms with van der Waals surface area (Å²) in [6.45, 7) is 0.720. The summed E-state index contributed by atoms with van der Waals surface area (Å²) >= 11 is 0. The molecule has 0 bridgehead atoms. The summed E-state index contributed by atoms with van der Waals surface area (Å²) in [7, 11) is 1.53. The monoisotopic (exact) mass is 396 g/mol. The number of pyridine rings is 1. The Bertz CT molecular complexity index is 1320. The lowest BCUT2D eigenvalue weighted by Gasteiger charge is -2.07. The molecule has 0 saturated carbocycles. The van der Waals surface area contributed by atoms with Crippen LogP contribution >= 0.6 is 0 Å². The summed E-state index contributed by atoms with van der Waals surface area (Å²) in [5, 5.41) is 15.6. The van der Waals surface area contributed by atoms with Crippen molar-refractivity contribution in [3.8, 4) is 33.8 Å². The van der Waals surface area contributed by atoms with Gasteiger partial charge >= 0.3 is 0 Å². The van der Waals surface area contributed by atoms with Gasteiger partial charge in [0.25, 0.3) is 0 Å². The third-order valence-electron chi connectivity index (χ3n) is 5.17. The smallest absolute Gasteiger partial charge is 0.160 e. The van der Waals surface area contributed by atoms with Crippen molar-refractivity contribution in [3.05, 3.63) is 84.9 Å². The first kappa shape index (κ1) is 18.0. The molecule has 0 atom stereocenters. The van der Waals surface area contributed by atoms with Crippen LogP contribution in [-0.4, -0.2) is 32.0 Å². The lowest BCUT2D eigenvalue weighted by atomic mass is 10.0. The zero-order valence-corrected chi connectivity index (χ0v) is 16.4. The summed E-state index contributed by atoms with van der Waals surface area (Å²) in [5.74, 6) is 0.549. The van der Waals surface area contributed by atoms with Crippen molar-refractivity contribution in [1.29, 1.82) is 0 Å². The number of aromatic hydroxyl groups is 1. The maximum absolute atomic E-state index is 10.1. The first-order valence-electron chi connectivity index (χ1n) is 9.62. The highest BCUT2D eigenvalue weighted by molar-refractivity contribution is 5.95. The summed E-state index contributed by atoms with van der Waals surface area (Å²) < 4.78 is 7.07. The highest BCUT2D eigenvalue weighted by Gasteiger charge is 2.12. The minimum absolute atomic E-state index is 0.103. The fourth-order valence-corrected chi connectivity index (χ4v) is 3.63. The van der Waals surface area contributed by atoms with E-state index in [9.17, 15) is 5.11 Å². The number of hydrogen-bond acceptors (Lipinski definition) is 4. The number of nitrogens with one attached hydrogen (secondary N) is 1. The predicted octanol–water partition coefficient (Wildman–Crippen LogP) is 4.86. The molecule has 6 nitrogen and oxygen atoms in total. The SMILES string of the molecule is COc1ccc(-c2cnc3[nH]cc(-c4cnn(Cc5ccccc5)c4)c3c2)cc1O. The lowest BCUT2D eigenvalue weighted by Crippen LogP contribution is -1.99. The van der Waals surface area contributed by atoms with E-state index in [0.29, 0.717) is 5.75 Å². The van der Waals surface area contributed by atoms with E-state index in [1.54, 1.807) is 18.3 Å². The normalized spacial score (nSPS) is 11.1. The van der Waals surface area contributed by atoms with Crippen molar-refractivity contribution in [2.24, 2.45) is 0 Å². The van der Waals surface area contributed by atoms with Gasteiger partial charge in [0, 0.05) is 40.7 Å². The highest BCUT2D eigenvalue weighted by Crippen LogP contribution is 2.34. The number of methoxy groups -OCH3 is 1. The van der Waals surface area contributed by atoms with Crippen LogP contribution in [0.2, 0.25) is 0 Å². The van der Waals surface area contributed by atoms with Crippen LogP contribution < -0.4 is 4.74 Å². The molecule has 5 aromatic rings. The van der Waals surface area contributed by atoms with E-state index in [1.807, 2.05) is 47.5 Å². The molecule has 0 spiro atoms. The van der Waals surface area contributed by atoms with Gasteiger partial charge in [-0.05, 0) is 29.3 Å². The van der Waals surface area contributed by atoms with Crippen LogP contribution in [0, 0.1) is 0 Å². The molecule has 148 valence electrons. The van der Waals surface area contributed by atoms with Gasteiger partial charge in [0.15, 0.2) is 11.5 Å². The largest absolute Gasteiger partial charge is 0.504 e. The van der Waals surface area contributed by atoms with Crippen LogP contribution in [0.1, 0.15) is 5.56 Å². The Balaban J connectivity index is 1.50. The third kappa shape index (κ3) is 3.28. The van der Waals surface area contributed by atoms with Crippen molar-refractivity contribution >= 4 is 11.0 Å². The Kier molecular flexibility index (Phi) is 4.44. The summed E-state index contributed by atoms with van der Waals surface area (Å²) in [5.41, 5.74) is 5.86. The number of phenols is 1. The number of H-pyrrole nitrogens is 1. The average Bonchev–Trinajstić information content (AvgIpc) is 3.40. The topological polar surface area (TPSA) is 76.0 Å². The average molecular weight is 396 g/mol. The first-order chi connectivity index (χ1) is 14.7. The Morgan fingerprint density at radius 2 is 1.87 bits per heavy atom. The molecule has 0 aliphatic heterocycles. The van der Waals surface area contributed by atoms with Crippen LogP contribution in [0.3, 0.4) is 0 Å². The van der Waals surface area contributed by atoms with E-state index in [1.165, 1.54) is 12.7 Å². The van der Waals surface area contributed by atoms with Crippen molar-refractivity contribution in [2.75, 3.05) is 7.11 Å². The van der Waals surface area contributed by atoms with Gasteiger partial charge in [-0.2, -0.15) is 5.10 Å². The molecule has 2 N–H and O–H groups in total. The van der Waals surface area contributed by atoms with Gasteiger partial charge in [0.2, 0.25) is 0 Å². The quantitative estimate of drug-likeness (QED) is 0.445. The van der Waals surface area contributed by atoms with Crippen LogP contribution in [-0.2, 0) is 6.54 Å². The van der Waals surface area contributed by atoms with E-state index in [0.717, 1.165) is 39.8 Å². The second kappa shape index (κ2) is 7.40. The van der Waals surface area contributed by atoms with Gasteiger partial charge in [0.05, 0.1) is 19.9 Å². The molecule has 6 heteroatoms. The first-order valence-corrected chi connectivity index (χ1v) is 9.62. The molecular weight excluding hydrogens is 376 g/mol. The minimum Gasteiger partial charge on any atom is -0.504 e. The zero-order valence-electron chi connectivity index (χ0n) is 16.4. The van der Waals surface area contributed by atoms with Crippen LogP contribution in [0.15, 0.2) is 79.4 Å². The van der Waals surface area contributed by atoms with Crippen LogP contribution in [0.25, 0.3) is 33.3 Å². The number of ether oxygens (including phenoxy) is 1. The molecule has 0 aliphatic rings. The van der Waals surface area contributed by atoms with Gasteiger partial charge in [0.1, 0.15) is 5.65 Å². The maximum atomic E-state index is 10.1. The number of benzene rings is 2. The minimum atomic E-state index is 0.103. The number of aromatic amines is 1. The number of nitrogens with zero attached hydrogens (tertiary/aromatic N) is 3. The summed E-state index contributed by atoms with van der Waals surface area (Å²) in [6, 6.07) is 17.7. The number of rotatable bonds is 5. The van der Waals surface area contributed by atoms with Crippen molar-refractivity contribution < 1.29 is 9.84 Å². The zero-order chi connectivity index (χ0) is 20.5. The Hall–Kier alpha value is -4.06. The molecule has 2 aromatic carbocycles. The van der Waals surface area contributed by atoms with Gasteiger partial charge < -0.3 is 14.8 Å². The van der Waals surface area contributed by atoms with E-state index < -0.39 is 0 Å². The predicted molar refractivity (Wildman–Crippen MR) is 117 cm³/mol. The Morgan fingerprint density at radius 1 is 1.00 bits per heavy atom. The molecule has 0 radical (unpaired) electrons. The fourth-order valence-electron chi connectivity index (χ4n) is 3.63. The molecule has 3 heterocycles. The molecule has 0 unspecified atom stereocenters. The van der Waals surface area contributed by atoms with Gasteiger partial charge in [-0.1, -0.05) is 36.4 Å². The Morgan fingerprint density at radius 3 is 2.67 bits per heavy atom. The lowest BCUT2D eigenvalue weighted by molar-refractivity contribution is 0.373. The number of phenolic OH excluding ortho intramolecular Hbond substituents is 1. The summed E-state index contributed by atoms with van der Waals surface area (Å²) in [4.78, 5) is 7.79. The molecule has 0 saturated heterocycles. The van der Waals surface area contributed by atoms with Gasteiger partial charge in [-0.15, -0.1) is 0 Å². The molecule has 3 aromatic heterocycles. The van der Waals surface area contributed by atoms with E-state index in [-0.39, 0.29) is 5.75 Å². The molecule has 0 amide bonds. The van der Waals surface area contributed by atoms with Crippen LogP contribution in [0.5, 0.6) is 11.5 Å². The van der Waals surface area contributed by atoms with Crippen molar-refractivity contribution in [2.45, 2.75) is 6.54 Å². The number of aromatic nitrogens is 4. The van der Waals surface area contributed by atoms with Crippen molar-refractivity contribution in [1.82, 2.24) is 19.7 Å². The number of fused-ring (bicyclic) bond motifs is 1. The summed E-state index contributed by atoms with van der Waals surface area (Å²) in [6.07, 6.45) is 7.67. The maximum Gasteiger partial charge on any atom is 0.160 e. The molecule has 5 rings (SSSR count). The fraction of sp³-hybridized carbons (Fsp3) is 0.0833. The van der Waals surface area contributed by atoms with Gasteiger partial charge in [-0.3, -0.25) is 4.68 Å².